The lowest BCUT2D eigenvalue weighted by Crippen LogP contribution is -2.51. The van der Waals surface area contributed by atoms with Gasteiger partial charge in [-0.15, -0.1) is 0 Å². The summed E-state index contributed by atoms with van der Waals surface area (Å²) in [5.41, 5.74) is 0. The van der Waals surface area contributed by atoms with Gasteiger partial charge in [0.25, 0.3) is 5.95 Å². The molecular formula is C18H29N5O3. The number of likely N-dealkylation sites (tertiary alicyclic amines) is 1. The topological polar surface area (TPSA) is 83.7 Å². The highest BCUT2D eigenvalue weighted by atomic mass is 16.5. The van der Waals surface area contributed by atoms with Gasteiger partial charge in [-0.05, 0) is 55.8 Å². The van der Waals surface area contributed by atoms with Gasteiger partial charge in [0.1, 0.15) is 6.61 Å². The summed E-state index contributed by atoms with van der Waals surface area (Å²) in [7, 11) is 0. The number of piperidine rings is 1. The second-order valence-corrected chi connectivity index (χ2v) is 7.94. The first kappa shape index (κ1) is 17.7. The Hall–Kier alpha value is -1.67. The van der Waals surface area contributed by atoms with Crippen LogP contribution in [0.2, 0.25) is 0 Å². The molecule has 4 rings (SSSR count). The molecule has 3 heterocycles. The Morgan fingerprint density at radius 1 is 1.15 bits per heavy atom. The predicted molar refractivity (Wildman–Crippen MR) is 95.7 cm³/mol. The van der Waals surface area contributed by atoms with E-state index in [0.717, 1.165) is 12.5 Å². The molecule has 1 aromatic heterocycles. The van der Waals surface area contributed by atoms with Gasteiger partial charge < -0.3 is 24.4 Å². The van der Waals surface area contributed by atoms with Crippen LogP contribution in [0.5, 0.6) is 0 Å². The van der Waals surface area contributed by atoms with E-state index in [0.29, 0.717) is 30.8 Å². The first-order valence-corrected chi connectivity index (χ1v) is 9.81. The number of anilines is 1. The zero-order valence-electron chi connectivity index (χ0n) is 15.5. The molecule has 1 aromatic rings. The Balaban J connectivity index is 1.21. The summed E-state index contributed by atoms with van der Waals surface area (Å²) >= 11 is 0. The lowest BCUT2D eigenvalue weighted by molar-refractivity contribution is -0.149. The molecule has 2 aliphatic heterocycles. The second kappa shape index (κ2) is 7.92. The fourth-order valence-corrected chi connectivity index (χ4v) is 3.89. The third kappa shape index (κ3) is 4.73. The molecule has 1 amide bonds. The third-order valence-electron chi connectivity index (χ3n) is 5.63. The standard InChI is InChI=1S/C18H29N5O3/c1-13-20-18(21-26-13)19-8-16-11-23(17(24)12-25-16)10-15-4-6-22(7-5-15)9-14-2-3-14/h14-16H,2-12H2,1H3,(H,19,21)/t16-/m0/s1. The third-order valence-corrected chi connectivity index (χ3v) is 5.63. The van der Waals surface area contributed by atoms with Gasteiger partial charge in [-0.25, -0.2) is 0 Å². The van der Waals surface area contributed by atoms with Gasteiger partial charge in [0.15, 0.2) is 0 Å². The van der Waals surface area contributed by atoms with Gasteiger partial charge in [0.05, 0.1) is 6.10 Å². The predicted octanol–water partition coefficient (Wildman–Crippen LogP) is 1.14. The molecule has 3 fully saturated rings. The van der Waals surface area contributed by atoms with Crippen LogP contribution in [0.1, 0.15) is 31.6 Å². The van der Waals surface area contributed by atoms with Crippen molar-refractivity contribution < 1.29 is 14.1 Å². The summed E-state index contributed by atoms with van der Waals surface area (Å²) in [6.07, 6.45) is 5.19. The van der Waals surface area contributed by atoms with Crippen LogP contribution in [0.4, 0.5) is 5.95 Å². The molecule has 1 saturated carbocycles. The maximum atomic E-state index is 12.2. The van der Waals surface area contributed by atoms with E-state index in [4.69, 9.17) is 9.26 Å². The highest BCUT2D eigenvalue weighted by molar-refractivity contribution is 5.78. The van der Waals surface area contributed by atoms with Crippen molar-refractivity contribution in [2.75, 3.05) is 51.2 Å². The van der Waals surface area contributed by atoms with Gasteiger partial charge in [-0.1, -0.05) is 0 Å². The number of hydrogen-bond donors (Lipinski definition) is 1. The summed E-state index contributed by atoms with van der Waals surface area (Å²) in [5.74, 6) is 2.68. The Labute approximate surface area is 154 Å². The Morgan fingerprint density at radius 2 is 1.92 bits per heavy atom. The maximum absolute atomic E-state index is 12.2. The highest BCUT2D eigenvalue weighted by Crippen LogP contribution is 2.31. The highest BCUT2D eigenvalue weighted by Gasteiger charge is 2.31. The van der Waals surface area contributed by atoms with Crippen LogP contribution in [0.25, 0.3) is 0 Å². The number of nitrogens with zero attached hydrogens (tertiary/aromatic N) is 4. The second-order valence-electron chi connectivity index (χ2n) is 7.94. The van der Waals surface area contributed by atoms with E-state index in [1.54, 1.807) is 6.92 Å². The minimum atomic E-state index is -0.0403. The monoisotopic (exact) mass is 363 g/mol. The Kier molecular flexibility index (Phi) is 5.40. The molecule has 1 N–H and O–H groups in total. The van der Waals surface area contributed by atoms with Crippen LogP contribution < -0.4 is 5.32 Å². The summed E-state index contributed by atoms with van der Waals surface area (Å²) in [4.78, 5) is 21.0. The maximum Gasteiger partial charge on any atom is 0.263 e. The van der Waals surface area contributed by atoms with E-state index in [9.17, 15) is 4.79 Å². The number of aryl methyl sites for hydroxylation is 1. The van der Waals surface area contributed by atoms with Gasteiger partial charge in [-0.2, -0.15) is 4.98 Å². The first-order valence-electron chi connectivity index (χ1n) is 9.81. The van der Waals surface area contributed by atoms with Crippen LogP contribution in [0.15, 0.2) is 4.52 Å². The van der Waals surface area contributed by atoms with Crippen molar-refractivity contribution in [3.05, 3.63) is 5.89 Å². The first-order chi connectivity index (χ1) is 12.7. The average molecular weight is 363 g/mol. The van der Waals surface area contributed by atoms with Crippen molar-refractivity contribution in [3.63, 3.8) is 0 Å². The number of carbonyl (C=O) groups excluding carboxylic acids is 1. The summed E-state index contributed by atoms with van der Waals surface area (Å²) in [6.45, 7) is 7.63. The van der Waals surface area contributed by atoms with E-state index < -0.39 is 0 Å². The minimum absolute atomic E-state index is 0.0403. The van der Waals surface area contributed by atoms with Crippen molar-refractivity contribution in [2.24, 2.45) is 11.8 Å². The molecule has 2 saturated heterocycles. The van der Waals surface area contributed by atoms with Crippen molar-refractivity contribution in [1.29, 1.82) is 0 Å². The summed E-state index contributed by atoms with van der Waals surface area (Å²) in [6, 6.07) is 0. The fraction of sp³-hybridized carbons (Fsp3) is 0.833. The molecule has 0 radical (unpaired) electrons. The molecule has 1 aliphatic carbocycles. The van der Waals surface area contributed by atoms with E-state index >= 15 is 0 Å². The van der Waals surface area contributed by atoms with E-state index in [1.807, 2.05) is 4.90 Å². The van der Waals surface area contributed by atoms with E-state index in [2.05, 4.69) is 20.4 Å². The van der Waals surface area contributed by atoms with Crippen molar-refractivity contribution in [3.8, 4) is 0 Å². The zero-order chi connectivity index (χ0) is 17.9. The number of amides is 1. The Bertz CT molecular complexity index is 610. The number of nitrogens with one attached hydrogen (secondary N) is 1. The molecule has 8 nitrogen and oxygen atoms in total. The number of rotatable bonds is 7. The molecule has 0 aromatic carbocycles. The lowest BCUT2D eigenvalue weighted by Gasteiger charge is -2.38. The minimum Gasteiger partial charge on any atom is -0.365 e. The van der Waals surface area contributed by atoms with E-state index in [1.165, 1.54) is 45.3 Å². The normalized spacial score (nSPS) is 25.7. The molecule has 0 unspecified atom stereocenters. The van der Waals surface area contributed by atoms with Crippen LogP contribution in [-0.4, -0.2) is 77.8 Å². The zero-order valence-corrected chi connectivity index (χ0v) is 15.5. The van der Waals surface area contributed by atoms with Gasteiger partial charge in [-0.3, -0.25) is 4.79 Å². The molecule has 1 atom stereocenters. The number of ether oxygens (including phenoxy) is 1. The smallest absolute Gasteiger partial charge is 0.263 e. The van der Waals surface area contributed by atoms with E-state index in [-0.39, 0.29) is 18.6 Å². The summed E-state index contributed by atoms with van der Waals surface area (Å²) < 4.78 is 10.6. The molecule has 3 aliphatic rings. The number of aromatic nitrogens is 2. The molecule has 0 spiro atoms. The number of hydrogen-bond acceptors (Lipinski definition) is 7. The van der Waals surface area contributed by atoms with Crippen molar-refractivity contribution >= 4 is 11.9 Å². The molecule has 144 valence electrons. The van der Waals surface area contributed by atoms with Crippen LogP contribution in [0.3, 0.4) is 0 Å². The average Bonchev–Trinajstić information content (AvgIpc) is 3.36. The summed E-state index contributed by atoms with van der Waals surface area (Å²) in [5, 5.41) is 6.94. The van der Waals surface area contributed by atoms with Crippen LogP contribution in [-0.2, 0) is 9.53 Å². The van der Waals surface area contributed by atoms with Gasteiger partial charge in [0.2, 0.25) is 11.8 Å². The molecule has 8 heteroatoms. The van der Waals surface area contributed by atoms with Crippen molar-refractivity contribution in [1.82, 2.24) is 19.9 Å². The van der Waals surface area contributed by atoms with Crippen LogP contribution in [0, 0.1) is 18.8 Å². The Morgan fingerprint density at radius 3 is 2.62 bits per heavy atom. The van der Waals surface area contributed by atoms with Crippen LogP contribution >= 0.6 is 0 Å². The number of morpholine rings is 1. The lowest BCUT2D eigenvalue weighted by atomic mass is 9.95. The van der Waals surface area contributed by atoms with Gasteiger partial charge >= 0.3 is 0 Å². The largest absolute Gasteiger partial charge is 0.365 e. The SMILES string of the molecule is Cc1nc(NC[C@H]2CN(CC3CCN(CC4CC4)CC3)C(=O)CO2)no1. The quantitative estimate of drug-likeness (QED) is 0.778. The van der Waals surface area contributed by atoms with Gasteiger partial charge in [0, 0.05) is 33.1 Å². The molecule has 0 bridgehead atoms. The van der Waals surface area contributed by atoms with Crippen molar-refractivity contribution in [2.45, 2.75) is 38.7 Å². The molecule has 26 heavy (non-hydrogen) atoms. The molecular weight excluding hydrogens is 334 g/mol. The number of carbonyl (C=O) groups is 1. The fourth-order valence-electron chi connectivity index (χ4n) is 3.89.